The minimum Gasteiger partial charge on any atom is -0.504 e. The van der Waals surface area contributed by atoms with Gasteiger partial charge in [0.15, 0.2) is 11.5 Å². The first-order valence-corrected chi connectivity index (χ1v) is 9.42. The molecule has 0 atom stereocenters. The van der Waals surface area contributed by atoms with E-state index in [1.54, 1.807) is 12.1 Å². The Hall–Kier alpha value is -1.76. The molecular weight excluding hydrogens is 375 g/mol. The summed E-state index contributed by atoms with van der Waals surface area (Å²) in [5.41, 5.74) is 1.13. The highest BCUT2D eigenvalue weighted by Crippen LogP contribution is 2.28. The molecule has 0 amide bonds. The number of nitrogens with one attached hydrogen (secondary N) is 1. The minimum atomic E-state index is 0.148. The Morgan fingerprint density at radius 2 is 2.00 bits per heavy atom. The van der Waals surface area contributed by atoms with Crippen LogP contribution in [0.5, 0.6) is 11.5 Å². The van der Waals surface area contributed by atoms with Crippen molar-refractivity contribution in [2.75, 3.05) is 25.0 Å². The minimum absolute atomic E-state index is 0.148. The van der Waals surface area contributed by atoms with Crippen LogP contribution in [0.2, 0.25) is 10.4 Å². The lowest BCUT2D eigenvalue weighted by Crippen LogP contribution is -2.38. The Bertz CT molecular complexity index is 732. The van der Waals surface area contributed by atoms with Crippen LogP contribution < -0.4 is 10.1 Å². The number of aromatic nitrogens is 2. The average Bonchev–Trinajstić information content (AvgIpc) is 2.59. The number of anilines is 1. The monoisotopic (exact) mass is 396 g/mol. The largest absolute Gasteiger partial charge is 0.504 e. The first-order valence-electron chi connectivity index (χ1n) is 8.67. The van der Waals surface area contributed by atoms with E-state index in [-0.39, 0.29) is 11.0 Å². The molecule has 8 heteroatoms. The average molecular weight is 397 g/mol. The molecule has 1 aliphatic rings. The second-order valence-corrected chi connectivity index (χ2v) is 7.00. The van der Waals surface area contributed by atoms with Crippen LogP contribution in [0.3, 0.4) is 0 Å². The number of ether oxygens (including phenoxy) is 1. The van der Waals surface area contributed by atoms with Crippen molar-refractivity contribution >= 4 is 29.0 Å². The van der Waals surface area contributed by atoms with E-state index >= 15 is 0 Å². The number of hydrogen-bond donors (Lipinski definition) is 2. The van der Waals surface area contributed by atoms with E-state index in [9.17, 15) is 5.11 Å². The number of rotatable bonds is 6. The molecule has 2 aromatic rings. The molecule has 0 aliphatic carbocycles. The molecule has 0 saturated carbocycles. The van der Waals surface area contributed by atoms with Crippen LogP contribution >= 0.6 is 23.2 Å². The lowest BCUT2D eigenvalue weighted by atomic mass is 10.0. The molecule has 6 nitrogen and oxygen atoms in total. The topological polar surface area (TPSA) is 70.5 Å². The van der Waals surface area contributed by atoms with E-state index in [1.165, 1.54) is 0 Å². The van der Waals surface area contributed by atoms with Gasteiger partial charge < -0.3 is 15.2 Å². The highest BCUT2D eigenvalue weighted by molar-refractivity contribution is 6.32. The van der Waals surface area contributed by atoms with Gasteiger partial charge in [-0.1, -0.05) is 17.7 Å². The molecule has 1 fully saturated rings. The number of piperidine rings is 1. The summed E-state index contributed by atoms with van der Waals surface area (Å²) in [4.78, 5) is 10.4. The van der Waals surface area contributed by atoms with Crippen LogP contribution in [0.4, 0.5) is 5.82 Å². The highest BCUT2D eigenvalue weighted by Gasteiger charge is 2.20. The quantitative estimate of drug-likeness (QED) is 0.568. The maximum absolute atomic E-state index is 9.81. The van der Waals surface area contributed by atoms with Crippen LogP contribution in [-0.2, 0) is 6.54 Å². The summed E-state index contributed by atoms with van der Waals surface area (Å²) in [5.74, 6) is 1.38. The van der Waals surface area contributed by atoms with Crippen molar-refractivity contribution in [1.29, 1.82) is 0 Å². The Morgan fingerprint density at radius 3 is 2.69 bits per heavy atom. The molecule has 140 valence electrons. The fourth-order valence-electron chi connectivity index (χ4n) is 3.09. The number of halogens is 2. The van der Waals surface area contributed by atoms with E-state index in [2.05, 4.69) is 20.2 Å². The summed E-state index contributed by atoms with van der Waals surface area (Å²) in [7, 11) is 0. The predicted octanol–water partition coefficient (Wildman–Crippen LogP) is 3.96. The van der Waals surface area contributed by atoms with Gasteiger partial charge in [-0.25, -0.2) is 9.97 Å². The summed E-state index contributed by atoms with van der Waals surface area (Å²) in [6, 6.07) is 7.55. The van der Waals surface area contributed by atoms with Crippen LogP contribution in [0.25, 0.3) is 0 Å². The number of hydrogen-bond acceptors (Lipinski definition) is 6. The second-order valence-electron chi connectivity index (χ2n) is 6.27. The van der Waals surface area contributed by atoms with Gasteiger partial charge in [0.1, 0.15) is 11.0 Å². The maximum Gasteiger partial charge on any atom is 0.225 e. The maximum atomic E-state index is 9.81. The van der Waals surface area contributed by atoms with Gasteiger partial charge in [-0.05, 0) is 49.1 Å². The van der Waals surface area contributed by atoms with Crippen molar-refractivity contribution in [2.45, 2.75) is 32.4 Å². The summed E-state index contributed by atoms with van der Waals surface area (Å²) < 4.78 is 5.46. The summed E-state index contributed by atoms with van der Waals surface area (Å²) in [6.07, 6.45) is 1.99. The zero-order chi connectivity index (χ0) is 18.5. The lowest BCUT2D eigenvalue weighted by Gasteiger charge is -2.32. The Kier molecular flexibility index (Phi) is 6.40. The van der Waals surface area contributed by atoms with Gasteiger partial charge in [-0.3, -0.25) is 4.90 Å². The highest BCUT2D eigenvalue weighted by atomic mass is 35.5. The molecule has 0 spiro atoms. The van der Waals surface area contributed by atoms with E-state index in [4.69, 9.17) is 27.9 Å². The van der Waals surface area contributed by atoms with E-state index in [0.717, 1.165) is 38.0 Å². The van der Waals surface area contributed by atoms with Gasteiger partial charge in [-0.2, -0.15) is 0 Å². The SMILES string of the molecule is CCOc1cc(CN2CCC(Nc3cc(Cl)nc(Cl)n3)CC2)ccc1O. The second kappa shape index (κ2) is 8.75. The molecular formula is C18H22Cl2N4O2. The number of phenols is 1. The molecule has 0 unspecified atom stereocenters. The lowest BCUT2D eigenvalue weighted by molar-refractivity contribution is 0.210. The van der Waals surface area contributed by atoms with Crippen molar-refractivity contribution in [3.63, 3.8) is 0 Å². The van der Waals surface area contributed by atoms with Crippen molar-refractivity contribution < 1.29 is 9.84 Å². The zero-order valence-electron chi connectivity index (χ0n) is 14.6. The van der Waals surface area contributed by atoms with Crippen molar-refractivity contribution in [3.8, 4) is 11.5 Å². The predicted molar refractivity (Wildman–Crippen MR) is 103 cm³/mol. The molecule has 1 aromatic carbocycles. The molecule has 1 saturated heterocycles. The third-order valence-corrected chi connectivity index (χ3v) is 4.70. The standard InChI is InChI=1S/C18H22Cl2N4O2/c1-2-26-15-9-12(3-4-14(15)25)11-24-7-5-13(6-8-24)21-17-10-16(19)22-18(20)23-17/h3-4,9-10,13,25H,2,5-8,11H2,1H3,(H,21,22,23). The van der Waals surface area contributed by atoms with Crippen LogP contribution in [-0.4, -0.2) is 45.7 Å². The molecule has 2 heterocycles. The van der Waals surface area contributed by atoms with Crippen LogP contribution in [0, 0.1) is 0 Å². The van der Waals surface area contributed by atoms with Gasteiger partial charge >= 0.3 is 0 Å². The van der Waals surface area contributed by atoms with Gasteiger partial charge in [0, 0.05) is 31.7 Å². The Balaban J connectivity index is 1.53. The first kappa shape index (κ1) is 19.0. The zero-order valence-corrected chi connectivity index (χ0v) is 16.1. The fourth-order valence-corrected chi connectivity index (χ4v) is 3.50. The van der Waals surface area contributed by atoms with Crippen molar-refractivity contribution in [1.82, 2.24) is 14.9 Å². The number of aromatic hydroxyl groups is 1. The molecule has 2 N–H and O–H groups in total. The van der Waals surface area contributed by atoms with Gasteiger partial charge in [0.25, 0.3) is 0 Å². The number of nitrogens with zero attached hydrogens (tertiary/aromatic N) is 3. The smallest absolute Gasteiger partial charge is 0.225 e. The summed E-state index contributed by atoms with van der Waals surface area (Å²) in [5, 5.41) is 13.7. The molecule has 1 aliphatic heterocycles. The number of benzene rings is 1. The number of phenolic OH excluding ortho intramolecular Hbond substituents is 1. The van der Waals surface area contributed by atoms with Gasteiger partial charge in [0.05, 0.1) is 6.61 Å². The fraction of sp³-hybridized carbons (Fsp3) is 0.444. The van der Waals surface area contributed by atoms with E-state index < -0.39 is 0 Å². The molecule has 26 heavy (non-hydrogen) atoms. The third-order valence-electron chi connectivity index (χ3n) is 4.34. The number of likely N-dealkylation sites (tertiary alicyclic amines) is 1. The van der Waals surface area contributed by atoms with Crippen molar-refractivity contribution in [2.24, 2.45) is 0 Å². The first-order chi connectivity index (χ1) is 12.5. The van der Waals surface area contributed by atoms with E-state index in [1.807, 2.05) is 19.1 Å². The van der Waals surface area contributed by atoms with E-state index in [0.29, 0.717) is 29.4 Å². The van der Waals surface area contributed by atoms with Crippen LogP contribution in [0.15, 0.2) is 24.3 Å². The Labute approximate surface area is 163 Å². The van der Waals surface area contributed by atoms with Crippen LogP contribution in [0.1, 0.15) is 25.3 Å². The molecule has 0 bridgehead atoms. The normalized spacial score (nSPS) is 15.8. The summed E-state index contributed by atoms with van der Waals surface area (Å²) >= 11 is 11.8. The summed E-state index contributed by atoms with van der Waals surface area (Å²) in [6.45, 7) is 5.20. The Morgan fingerprint density at radius 1 is 1.23 bits per heavy atom. The van der Waals surface area contributed by atoms with Crippen molar-refractivity contribution in [3.05, 3.63) is 40.3 Å². The molecule has 3 rings (SSSR count). The van der Waals surface area contributed by atoms with Gasteiger partial charge in [-0.15, -0.1) is 0 Å². The molecule has 1 aromatic heterocycles. The third kappa shape index (κ3) is 5.13. The van der Waals surface area contributed by atoms with Gasteiger partial charge in [0.2, 0.25) is 5.28 Å². The molecule has 0 radical (unpaired) electrons.